The van der Waals surface area contributed by atoms with Crippen molar-refractivity contribution in [2.75, 3.05) is 17.1 Å². The molecule has 2 aromatic heterocycles. The van der Waals surface area contributed by atoms with Crippen LogP contribution in [-0.4, -0.2) is 43.6 Å². The summed E-state index contributed by atoms with van der Waals surface area (Å²) >= 11 is 3.48. The lowest BCUT2D eigenvalue weighted by Crippen LogP contribution is -2.43. The fourth-order valence-electron chi connectivity index (χ4n) is 2.31. The van der Waals surface area contributed by atoms with Crippen molar-refractivity contribution in [3.63, 3.8) is 0 Å². The Morgan fingerprint density at radius 2 is 2.21 bits per heavy atom. The Balaban J connectivity index is 2.08. The maximum Gasteiger partial charge on any atom is 0.276 e. The summed E-state index contributed by atoms with van der Waals surface area (Å²) in [6.07, 6.45) is 2.06. The molecule has 1 N–H and O–H groups in total. The van der Waals surface area contributed by atoms with Crippen molar-refractivity contribution in [1.82, 2.24) is 24.5 Å². The Bertz CT molecular complexity index is 632. The molecule has 0 bridgehead atoms. The normalized spacial score (nSPS) is 15.4. The molecule has 19 heavy (non-hydrogen) atoms. The second-order valence-electron chi connectivity index (χ2n) is 4.65. The van der Waals surface area contributed by atoms with Gasteiger partial charge in [0.15, 0.2) is 11.5 Å². The number of aryl methyl sites for hydroxylation is 1. The van der Waals surface area contributed by atoms with Crippen molar-refractivity contribution in [2.45, 2.75) is 26.7 Å². The first-order valence-electron chi connectivity index (χ1n) is 6.29. The average Bonchev–Trinajstić information content (AvgIpc) is 2.93. The van der Waals surface area contributed by atoms with Gasteiger partial charge in [0.2, 0.25) is 5.78 Å². The van der Waals surface area contributed by atoms with Gasteiger partial charge in [0.05, 0.1) is 16.1 Å². The van der Waals surface area contributed by atoms with Crippen molar-refractivity contribution in [3.05, 3.63) is 11.5 Å². The van der Waals surface area contributed by atoms with Gasteiger partial charge in [0, 0.05) is 6.54 Å². The summed E-state index contributed by atoms with van der Waals surface area (Å²) in [6.45, 7) is 5.24. The summed E-state index contributed by atoms with van der Waals surface area (Å²) in [4.78, 5) is 17.5. The maximum absolute atomic E-state index is 12.6. The number of imidazole rings is 1. The summed E-state index contributed by atoms with van der Waals surface area (Å²) < 4.78 is 3.62. The molecule has 0 aromatic carbocycles. The van der Waals surface area contributed by atoms with Gasteiger partial charge in [0.25, 0.3) is 5.91 Å². The van der Waals surface area contributed by atoms with E-state index in [-0.39, 0.29) is 5.91 Å². The SMILES string of the molecule is CCCCN1CN(Br)c2[nH]c3nnc(C)n3c2C1=O. The Hall–Kier alpha value is -1.57. The molecule has 0 radical (unpaired) electrons. The third-order valence-corrected chi connectivity index (χ3v) is 3.89. The van der Waals surface area contributed by atoms with E-state index in [4.69, 9.17) is 0 Å². The van der Waals surface area contributed by atoms with Gasteiger partial charge < -0.3 is 9.88 Å². The highest BCUT2D eigenvalue weighted by molar-refractivity contribution is 9.10. The van der Waals surface area contributed by atoms with E-state index >= 15 is 0 Å². The predicted octanol–water partition coefficient (Wildman–Crippen LogP) is 1.70. The van der Waals surface area contributed by atoms with Crippen LogP contribution in [-0.2, 0) is 0 Å². The van der Waals surface area contributed by atoms with E-state index in [0.29, 0.717) is 24.0 Å². The summed E-state index contributed by atoms with van der Waals surface area (Å²) in [5.74, 6) is 2.07. The zero-order valence-corrected chi connectivity index (χ0v) is 12.4. The number of hydrogen-bond donors (Lipinski definition) is 1. The molecule has 1 aliphatic rings. The molecule has 3 rings (SSSR count). The fourth-order valence-corrected chi connectivity index (χ4v) is 2.84. The van der Waals surface area contributed by atoms with Crippen molar-refractivity contribution in [1.29, 1.82) is 0 Å². The van der Waals surface area contributed by atoms with Crippen molar-refractivity contribution in [2.24, 2.45) is 0 Å². The molecule has 0 atom stereocenters. The lowest BCUT2D eigenvalue weighted by Gasteiger charge is -2.31. The van der Waals surface area contributed by atoms with Crippen LogP contribution in [0.2, 0.25) is 0 Å². The van der Waals surface area contributed by atoms with Gasteiger partial charge in [-0.05, 0) is 13.3 Å². The molecule has 102 valence electrons. The topological polar surface area (TPSA) is 69.5 Å². The third kappa shape index (κ3) is 1.81. The molecule has 8 heteroatoms. The van der Waals surface area contributed by atoms with Gasteiger partial charge in [-0.25, -0.2) is 0 Å². The van der Waals surface area contributed by atoms with Crippen LogP contribution < -0.4 is 3.93 Å². The molecule has 0 aliphatic carbocycles. The van der Waals surface area contributed by atoms with Crippen molar-refractivity contribution >= 4 is 33.6 Å². The zero-order chi connectivity index (χ0) is 13.6. The largest absolute Gasteiger partial charge is 0.319 e. The number of aromatic nitrogens is 4. The second kappa shape index (κ2) is 4.52. The highest BCUT2D eigenvalue weighted by Crippen LogP contribution is 2.30. The number of aromatic amines is 1. The number of nitrogens with zero attached hydrogens (tertiary/aromatic N) is 5. The zero-order valence-electron chi connectivity index (χ0n) is 10.9. The summed E-state index contributed by atoms with van der Waals surface area (Å²) in [5.41, 5.74) is 0.594. The maximum atomic E-state index is 12.6. The van der Waals surface area contributed by atoms with E-state index in [0.717, 1.165) is 25.2 Å². The highest BCUT2D eigenvalue weighted by atomic mass is 79.9. The molecule has 3 heterocycles. The van der Waals surface area contributed by atoms with Gasteiger partial charge in [-0.15, -0.1) is 10.2 Å². The van der Waals surface area contributed by atoms with Crippen molar-refractivity contribution < 1.29 is 4.79 Å². The van der Waals surface area contributed by atoms with E-state index in [1.807, 2.05) is 15.7 Å². The van der Waals surface area contributed by atoms with Crippen molar-refractivity contribution in [3.8, 4) is 0 Å². The number of nitrogens with one attached hydrogen (secondary N) is 1. The minimum absolute atomic E-state index is 0.0216. The van der Waals surface area contributed by atoms with Crippen LogP contribution in [0.3, 0.4) is 0 Å². The number of amides is 1. The Morgan fingerprint density at radius 1 is 1.42 bits per heavy atom. The summed E-state index contributed by atoms with van der Waals surface area (Å²) in [7, 11) is 0. The van der Waals surface area contributed by atoms with Gasteiger partial charge in [-0.2, -0.15) is 0 Å². The van der Waals surface area contributed by atoms with Crippen LogP contribution in [0.5, 0.6) is 0 Å². The molecule has 0 saturated heterocycles. The van der Waals surface area contributed by atoms with Gasteiger partial charge in [-0.3, -0.25) is 13.1 Å². The molecule has 1 aliphatic heterocycles. The predicted molar refractivity (Wildman–Crippen MR) is 74.3 cm³/mol. The molecule has 7 nitrogen and oxygen atoms in total. The number of fused-ring (bicyclic) bond motifs is 3. The van der Waals surface area contributed by atoms with Crippen LogP contribution in [0.25, 0.3) is 5.78 Å². The summed E-state index contributed by atoms with van der Waals surface area (Å²) in [6, 6.07) is 0. The van der Waals surface area contributed by atoms with Gasteiger partial charge in [-0.1, -0.05) is 13.3 Å². The second-order valence-corrected chi connectivity index (χ2v) is 5.51. The van der Waals surface area contributed by atoms with Crippen LogP contribution in [0.4, 0.5) is 5.82 Å². The first kappa shape index (κ1) is 12.5. The third-order valence-electron chi connectivity index (χ3n) is 3.31. The van der Waals surface area contributed by atoms with Gasteiger partial charge in [0.1, 0.15) is 12.5 Å². The van der Waals surface area contributed by atoms with E-state index in [1.165, 1.54) is 0 Å². The molecule has 2 aromatic rings. The minimum Gasteiger partial charge on any atom is -0.319 e. The standard InChI is InChI=1S/C11H15BrN6O/c1-3-4-5-16-6-17(12)9-8(10(16)19)18-7(2)14-15-11(18)13-9/h3-6H2,1-2H3,(H,13,15). The molecular formula is C11H15BrN6O. The van der Waals surface area contributed by atoms with Gasteiger partial charge >= 0.3 is 0 Å². The first-order chi connectivity index (χ1) is 9.13. The Morgan fingerprint density at radius 3 is 2.95 bits per heavy atom. The number of unbranched alkanes of at least 4 members (excludes halogenated alkanes) is 1. The number of H-pyrrole nitrogens is 1. The molecule has 0 spiro atoms. The van der Waals surface area contributed by atoms with Crippen LogP contribution in [0.15, 0.2) is 0 Å². The van der Waals surface area contributed by atoms with E-state index in [1.54, 1.807) is 4.40 Å². The van der Waals surface area contributed by atoms with E-state index in [2.05, 4.69) is 38.3 Å². The fraction of sp³-hybridized carbons (Fsp3) is 0.545. The smallest absolute Gasteiger partial charge is 0.276 e. The number of anilines is 1. The van der Waals surface area contributed by atoms with E-state index in [9.17, 15) is 4.79 Å². The number of carbonyl (C=O) groups excluding carboxylic acids is 1. The monoisotopic (exact) mass is 326 g/mol. The number of hydrogen-bond acceptors (Lipinski definition) is 4. The lowest BCUT2D eigenvalue weighted by molar-refractivity contribution is 0.0742. The molecule has 1 amide bonds. The van der Waals surface area contributed by atoms with Crippen LogP contribution in [0.1, 0.15) is 36.1 Å². The van der Waals surface area contributed by atoms with E-state index < -0.39 is 0 Å². The lowest BCUT2D eigenvalue weighted by atomic mass is 10.2. The number of rotatable bonds is 3. The Labute approximate surface area is 118 Å². The highest BCUT2D eigenvalue weighted by Gasteiger charge is 2.33. The van der Waals surface area contributed by atoms with Crippen LogP contribution in [0, 0.1) is 6.92 Å². The quantitative estimate of drug-likeness (QED) is 0.871. The molecule has 0 unspecified atom stereocenters. The Kier molecular flexibility index (Phi) is 2.96. The average molecular weight is 327 g/mol. The minimum atomic E-state index is 0.0216. The number of halogens is 1. The number of carbonyl (C=O) groups is 1. The molecule has 0 fully saturated rings. The summed E-state index contributed by atoms with van der Waals surface area (Å²) in [5, 5.41) is 8.01. The molecular weight excluding hydrogens is 312 g/mol. The molecule has 0 saturated carbocycles. The first-order valence-corrected chi connectivity index (χ1v) is 7.00. The van der Waals surface area contributed by atoms with Crippen LogP contribution >= 0.6 is 16.1 Å².